The Morgan fingerprint density at radius 3 is 3.00 bits per heavy atom. The third-order valence-electron chi connectivity index (χ3n) is 1.90. The number of aliphatic imine (C=N–C) groups is 1. The van der Waals surface area contributed by atoms with Crippen LogP contribution in [-0.2, 0) is 4.74 Å². The van der Waals surface area contributed by atoms with Crippen molar-refractivity contribution in [2.24, 2.45) is 4.99 Å². The molecule has 0 aromatic heterocycles. The van der Waals surface area contributed by atoms with Gasteiger partial charge in [0.05, 0.1) is 5.02 Å². The monoisotopic (exact) mass is 259 g/mol. The second-order valence-corrected chi connectivity index (χ2v) is 4.04. The van der Waals surface area contributed by atoms with E-state index >= 15 is 0 Å². The molecule has 2 nitrogen and oxygen atoms in total. The average Bonchev–Trinajstić information content (AvgIpc) is 2.62. The molecule has 0 spiro atoms. The van der Waals surface area contributed by atoms with Crippen molar-refractivity contribution in [3.05, 3.63) is 33.3 Å². The van der Waals surface area contributed by atoms with Gasteiger partial charge in [-0.05, 0) is 33.6 Å². The highest BCUT2D eigenvalue weighted by Gasteiger charge is 2.14. The third kappa shape index (κ3) is 1.86. The van der Waals surface area contributed by atoms with E-state index in [-0.39, 0.29) is 6.04 Å². The van der Waals surface area contributed by atoms with Gasteiger partial charge < -0.3 is 4.74 Å². The van der Waals surface area contributed by atoms with Crippen LogP contribution in [0.5, 0.6) is 0 Å². The average molecular weight is 261 g/mol. The second kappa shape index (κ2) is 3.68. The Labute approximate surface area is 89.7 Å². The summed E-state index contributed by atoms with van der Waals surface area (Å²) in [5.74, 6) is 0. The second-order valence-electron chi connectivity index (χ2n) is 2.78. The van der Waals surface area contributed by atoms with Crippen LogP contribution in [0, 0.1) is 0 Å². The van der Waals surface area contributed by atoms with Crippen LogP contribution in [-0.4, -0.2) is 13.0 Å². The summed E-state index contributed by atoms with van der Waals surface area (Å²) in [6.45, 7) is 0.609. The predicted molar refractivity (Wildman–Crippen MR) is 56.3 cm³/mol. The summed E-state index contributed by atoms with van der Waals surface area (Å²) < 4.78 is 5.94. The molecular formula is C9H7BrClNO. The molecule has 0 fully saturated rings. The summed E-state index contributed by atoms with van der Waals surface area (Å²) in [6, 6.07) is 5.92. The maximum Gasteiger partial charge on any atom is 0.170 e. The third-order valence-corrected chi connectivity index (χ3v) is 3.13. The highest BCUT2D eigenvalue weighted by atomic mass is 79.9. The van der Waals surface area contributed by atoms with Crippen LogP contribution in [0.4, 0.5) is 0 Å². The van der Waals surface area contributed by atoms with Crippen LogP contribution < -0.4 is 0 Å². The predicted octanol–water partition coefficient (Wildman–Crippen LogP) is 3.20. The first-order valence-corrected chi connectivity index (χ1v) is 5.02. The van der Waals surface area contributed by atoms with E-state index in [0.717, 1.165) is 10.0 Å². The van der Waals surface area contributed by atoms with Gasteiger partial charge in [-0.2, -0.15) is 0 Å². The van der Waals surface area contributed by atoms with Gasteiger partial charge in [0.2, 0.25) is 0 Å². The molecule has 4 heteroatoms. The van der Waals surface area contributed by atoms with Crippen LogP contribution in [0.15, 0.2) is 27.7 Å². The van der Waals surface area contributed by atoms with Crippen LogP contribution in [0.1, 0.15) is 11.6 Å². The fourth-order valence-electron chi connectivity index (χ4n) is 1.20. The summed E-state index contributed by atoms with van der Waals surface area (Å²) >= 11 is 9.29. The Bertz CT molecular complexity index is 353. The Kier molecular flexibility index (Phi) is 2.56. The maximum absolute atomic E-state index is 5.95. The van der Waals surface area contributed by atoms with E-state index in [1.54, 1.807) is 0 Å². The lowest BCUT2D eigenvalue weighted by atomic mass is 10.1. The van der Waals surface area contributed by atoms with Crippen molar-refractivity contribution < 1.29 is 4.74 Å². The Morgan fingerprint density at radius 2 is 2.38 bits per heavy atom. The fraction of sp³-hybridized carbons (Fsp3) is 0.222. The fourth-order valence-corrected chi connectivity index (χ4v) is 1.63. The number of benzene rings is 1. The normalized spacial score (nSPS) is 20.3. The highest BCUT2D eigenvalue weighted by Crippen LogP contribution is 2.28. The van der Waals surface area contributed by atoms with E-state index in [1.807, 2.05) is 18.2 Å². The Morgan fingerprint density at radius 1 is 1.54 bits per heavy atom. The van der Waals surface area contributed by atoms with Crippen LogP contribution in [0.25, 0.3) is 0 Å². The van der Waals surface area contributed by atoms with Crippen molar-refractivity contribution in [3.8, 4) is 0 Å². The number of halogens is 2. The Balaban J connectivity index is 2.30. The van der Waals surface area contributed by atoms with Crippen molar-refractivity contribution in [2.45, 2.75) is 6.04 Å². The van der Waals surface area contributed by atoms with E-state index < -0.39 is 0 Å². The lowest BCUT2D eigenvalue weighted by Gasteiger charge is -2.06. The number of ether oxygens (including phenoxy) is 1. The first-order chi connectivity index (χ1) is 6.27. The molecule has 0 aliphatic carbocycles. The molecular weight excluding hydrogens is 253 g/mol. The number of rotatable bonds is 1. The highest BCUT2D eigenvalue weighted by molar-refractivity contribution is 9.10. The van der Waals surface area contributed by atoms with Crippen molar-refractivity contribution in [2.75, 3.05) is 6.61 Å². The zero-order chi connectivity index (χ0) is 9.26. The summed E-state index contributed by atoms with van der Waals surface area (Å²) in [5, 5.41) is 0.708. The van der Waals surface area contributed by atoms with E-state index in [9.17, 15) is 0 Å². The summed E-state index contributed by atoms with van der Waals surface area (Å²) in [5.41, 5.74) is 1.09. The summed E-state index contributed by atoms with van der Waals surface area (Å²) in [4.78, 5) is 4.16. The number of hydrogen-bond donors (Lipinski definition) is 0. The minimum absolute atomic E-state index is 0.102. The largest absolute Gasteiger partial charge is 0.481 e. The molecule has 68 valence electrons. The first kappa shape index (κ1) is 9.03. The number of hydrogen-bond acceptors (Lipinski definition) is 2. The molecule has 13 heavy (non-hydrogen) atoms. The summed E-state index contributed by atoms with van der Waals surface area (Å²) in [7, 11) is 0. The van der Waals surface area contributed by atoms with Gasteiger partial charge in [-0.1, -0.05) is 17.7 Å². The molecule has 0 N–H and O–H groups in total. The van der Waals surface area contributed by atoms with Crippen molar-refractivity contribution in [3.63, 3.8) is 0 Å². The maximum atomic E-state index is 5.95. The molecule has 0 saturated carbocycles. The van der Waals surface area contributed by atoms with E-state index in [0.29, 0.717) is 11.6 Å². The lowest BCUT2D eigenvalue weighted by molar-refractivity contribution is 0.330. The molecule has 1 aliphatic rings. The van der Waals surface area contributed by atoms with E-state index in [4.69, 9.17) is 16.3 Å². The van der Waals surface area contributed by atoms with Crippen LogP contribution in [0.2, 0.25) is 5.02 Å². The molecule has 2 rings (SSSR count). The minimum atomic E-state index is 0.102. The smallest absolute Gasteiger partial charge is 0.170 e. The van der Waals surface area contributed by atoms with Crippen molar-refractivity contribution in [1.29, 1.82) is 0 Å². The van der Waals surface area contributed by atoms with Gasteiger partial charge in [0.15, 0.2) is 6.40 Å². The van der Waals surface area contributed by atoms with Crippen LogP contribution >= 0.6 is 27.5 Å². The van der Waals surface area contributed by atoms with Crippen LogP contribution in [0.3, 0.4) is 0 Å². The zero-order valence-corrected chi connectivity index (χ0v) is 9.05. The molecule has 1 aromatic carbocycles. The van der Waals surface area contributed by atoms with Gasteiger partial charge >= 0.3 is 0 Å². The van der Waals surface area contributed by atoms with Crippen molar-refractivity contribution in [1.82, 2.24) is 0 Å². The van der Waals surface area contributed by atoms with Gasteiger partial charge in [0.25, 0.3) is 0 Å². The van der Waals surface area contributed by atoms with Gasteiger partial charge in [-0.25, -0.2) is 4.99 Å². The van der Waals surface area contributed by atoms with Crippen molar-refractivity contribution >= 4 is 33.9 Å². The van der Waals surface area contributed by atoms with Gasteiger partial charge in [0.1, 0.15) is 12.6 Å². The molecule has 1 aromatic rings. The SMILES string of the molecule is Clc1cc(C2COC=N2)ccc1Br. The molecule has 0 bridgehead atoms. The molecule has 1 unspecified atom stereocenters. The minimum Gasteiger partial charge on any atom is -0.481 e. The molecule has 1 heterocycles. The molecule has 0 amide bonds. The standard InChI is InChI=1S/C9H7BrClNO/c10-7-2-1-6(3-8(7)11)9-4-13-5-12-9/h1-3,5,9H,4H2. The first-order valence-electron chi connectivity index (χ1n) is 3.85. The Hall–Kier alpha value is -0.540. The topological polar surface area (TPSA) is 21.6 Å². The molecule has 0 saturated heterocycles. The summed E-state index contributed by atoms with van der Waals surface area (Å²) in [6.07, 6.45) is 1.49. The molecule has 1 aliphatic heterocycles. The number of nitrogens with zero attached hydrogens (tertiary/aromatic N) is 1. The molecule has 1 atom stereocenters. The quantitative estimate of drug-likeness (QED) is 0.760. The van der Waals surface area contributed by atoms with Gasteiger partial charge in [-0.3, -0.25) is 0 Å². The van der Waals surface area contributed by atoms with Gasteiger partial charge in [-0.15, -0.1) is 0 Å². The molecule has 0 radical (unpaired) electrons. The van der Waals surface area contributed by atoms with E-state index in [2.05, 4.69) is 20.9 Å². The lowest BCUT2D eigenvalue weighted by Crippen LogP contribution is -1.96. The van der Waals surface area contributed by atoms with Gasteiger partial charge in [0, 0.05) is 4.47 Å². The zero-order valence-electron chi connectivity index (χ0n) is 6.71. The van der Waals surface area contributed by atoms with E-state index in [1.165, 1.54) is 6.40 Å².